The molecular formula is C11H13N5O2. The largest absolute Gasteiger partial charge is 0.378 e. The highest BCUT2D eigenvalue weighted by Gasteiger charge is 2.16. The highest BCUT2D eigenvalue weighted by Crippen LogP contribution is 2.15. The van der Waals surface area contributed by atoms with E-state index in [-0.39, 0.29) is 5.69 Å². The van der Waals surface area contributed by atoms with E-state index >= 15 is 0 Å². The van der Waals surface area contributed by atoms with Crippen LogP contribution in [0.25, 0.3) is 0 Å². The van der Waals surface area contributed by atoms with Crippen LogP contribution in [0.2, 0.25) is 0 Å². The van der Waals surface area contributed by atoms with Crippen molar-refractivity contribution in [2.45, 2.75) is 27.0 Å². The second kappa shape index (κ2) is 4.98. The van der Waals surface area contributed by atoms with Gasteiger partial charge in [-0.1, -0.05) is 10.4 Å². The number of methoxy groups -OCH3 is 1. The Kier molecular flexibility index (Phi) is 3.39. The van der Waals surface area contributed by atoms with Crippen molar-refractivity contribution in [3.05, 3.63) is 28.4 Å². The Morgan fingerprint density at radius 2 is 2.22 bits per heavy atom. The summed E-state index contributed by atoms with van der Waals surface area (Å²) in [5, 5.41) is 20.6. The third-order valence-electron chi connectivity index (χ3n) is 2.71. The third-order valence-corrected chi connectivity index (χ3v) is 2.71. The first-order valence-corrected chi connectivity index (χ1v) is 5.40. The molecule has 0 bridgehead atoms. The molecule has 0 aromatic carbocycles. The van der Waals surface area contributed by atoms with Gasteiger partial charge in [-0.2, -0.15) is 5.26 Å². The highest BCUT2D eigenvalue weighted by molar-refractivity contribution is 5.26. The average molecular weight is 247 g/mol. The van der Waals surface area contributed by atoms with Crippen LogP contribution in [0.1, 0.15) is 28.4 Å². The smallest absolute Gasteiger partial charge is 0.188 e. The summed E-state index contributed by atoms with van der Waals surface area (Å²) in [5.74, 6) is 0.741. The molecule has 0 spiro atoms. The third kappa shape index (κ3) is 2.10. The molecule has 0 radical (unpaired) electrons. The minimum atomic E-state index is 0.281. The van der Waals surface area contributed by atoms with Crippen LogP contribution < -0.4 is 0 Å². The first-order chi connectivity index (χ1) is 8.67. The summed E-state index contributed by atoms with van der Waals surface area (Å²) in [5.41, 5.74) is 2.69. The Morgan fingerprint density at radius 1 is 1.44 bits per heavy atom. The van der Waals surface area contributed by atoms with Gasteiger partial charge in [0.25, 0.3) is 0 Å². The molecule has 94 valence electrons. The fourth-order valence-electron chi connectivity index (χ4n) is 1.70. The average Bonchev–Trinajstić information content (AvgIpc) is 2.88. The van der Waals surface area contributed by atoms with Crippen molar-refractivity contribution in [1.29, 1.82) is 5.26 Å². The number of aromatic nitrogens is 4. The minimum absolute atomic E-state index is 0.281. The molecule has 0 aliphatic rings. The zero-order chi connectivity index (χ0) is 13.1. The summed E-state index contributed by atoms with van der Waals surface area (Å²) >= 11 is 0. The van der Waals surface area contributed by atoms with E-state index in [0.29, 0.717) is 18.8 Å². The molecule has 2 heterocycles. The number of nitrogens with zero attached hydrogens (tertiary/aromatic N) is 5. The first-order valence-electron chi connectivity index (χ1n) is 5.40. The molecule has 0 atom stereocenters. The molecule has 2 aromatic rings. The molecule has 7 nitrogen and oxygen atoms in total. The fourth-order valence-corrected chi connectivity index (χ4v) is 1.70. The lowest BCUT2D eigenvalue weighted by Crippen LogP contribution is -2.09. The van der Waals surface area contributed by atoms with Crippen LogP contribution in [0.5, 0.6) is 0 Å². The summed E-state index contributed by atoms with van der Waals surface area (Å²) in [6, 6.07) is 2.00. The molecule has 2 aromatic heterocycles. The lowest BCUT2D eigenvalue weighted by Gasteiger charge is -2.05. The zero-order valence-electron chi connectivity index (χ0n) is 10.5. The van der Waals surface area contributed by atoms with Crippen molar-refractivity contribution in [2.24, 2.45) is 0 Å². The molecule has 0 fully saturated rings. The molecule has 0 amide bonds. The minimum Gasteiger partial charge on any atom is -0.378 e. The molecule has 2 rings (SSSR count). The molecule has 0 aliphatic heterocycles. The molecule has 0 saturated heterocycles. The second-order valence-electron chi connectivity index (χ2n) is 3.89. The molecule has 0 N–H and O–H groups in total. The summed E-state index contributed by atoms with van der Waals surface area (Å²) in [4.78, 5) is 0. The Labute approximate surface area is 104 Å². The number of hydrogen-bond donors (Lipinski definition) is 0. The summed E-state index contributed by atoms with van der Waals surface area (Å²) < 4.78 is 11.8. The molecule has 7 heteroatoms. The van der Waals surface area contributed by atoms with E-state index in [0.717, 1.165) is 17.0 Å². The molecule has 0 aliphatic carbocycles. The zero-order valence-corrected chi connectivity index (χ0v) is 10.5. The number of rotatable bonds is 4. The van der Waals surface area contributed by atoms with Gasteiger partial charge in [0.1, 0.15) is 17.5 Å². The number of ether oxygens (including phenoxy) is 1. The van der Waals surface area contributed by atoms with E-state index in [9.17, 15) is 0 Å². The maximum absolute atomic E-state index is 8.94. The molecule has 18 heavy (non-hydrogen) atoms. The van der Waals surface area contributed by atoms with Gasteiger partial charge in [0.2, 0.25) is 0 Å². The van der Waals surface area contributed by atoms with Crippen LogP contribution in [-0.4, -0.2) is 27.3 Å². The van der Waals surface area contributed by atoms with Crippen LogP contribution in [0.3, 0.4) is 0 Å². The van der Waals surface area contributed by atoms with Crippen molar-refractivity contribution < 1.29 is 9.26 Å². The SMILES string of the molecule is COCc1c(C#N)nnn1Cc1c(C)noc1C. The van der Waals surface area contributed by atoms with Crippen LogP contribution in [0.4, 0.5) is 0 Å². The fraction of sp³-hybridized carbons (Fsp3) is 0.455. The van der Waals surface area contributed by atoms with E-state index in [1.165, 1.54) is 0 Å². The van der Waals surface area contributed by atoms with Gasteiger partial charge in [-0.05, 0) is 13.8 Å². The standard InChI is InChI=1S/C11H13N5O2/c1-7-9(8(2)18-14-7)5-16-11(6-17-3)10(4-12)13-15-16/h5-6H2,1-3H3. The monoisotopic (exact) mass is 247 g/mol. The van der Waals surface area contributed by atoms with Crippen molar-refractivity contribution in [2.75, 3.05) is 7.11 Å². The van der Waals surface area contributed by atoms with Gasteiger partial charge in [-0.25, -0.2) is 4.68 Å². The van der Waals surface area contributed by atoms with Gasteiger partial charge in [0.05, 0.1) is 18.8 Å². The van der Waals surface area contributed by atoms with E-state index in [4.69, 9.17) is 14.5 Å². The predicted molar refractivity (Wildman–Crippen MR) is 60.5 cm³/mol. The predicted octanol–water partition coefficient (Wildman–Crippen LogP) is 0.949. The van der Waals surface area contributed by atoms with Crippen molar-refractivity contribution in [3.63, 3.8) is 0 Å². The Balaban J connectivity index is 2.35. The Morgan fingerprint density at radius 3 is 2.78 bits per heavy atom. The van der Waals surface area contributed by atoms with Crippen LogP contribution in [0.15, 0.2) is 4.52 Å². The van der Waals surface area contributed by atoms with Crippen molar-refractivity contribution in [1.82, 2.24) is 20.2 Å². The van der Waals surface area contributed by atoms with Crippen molar-refractivity contribution >= 4 is 0 Å². The topological polar surface area (TPSA) is 89.8 Å². The van der Waals surface area contributed by atoms with Gasteiger partial charge in [0.15, 0.2) is 5.69 Å². The normalized spacial score (nSPS) is 10.6. The first kappa shape index (κ1) is 12.3. The summed E-state index contributed by atoms with van der Waals surface area (Å²) in [7, 11) is 1.56. The van der Waals surface area contributed by atoms with Gasteiger partial charge in [0, 0.05) is 12.7 Å². The van der Waals surface area contributed by atoms with E-state index in [2.05, 4.69) is 15.5 Å². The van der Waals surface area contributed by atoms with Gasteiger partial charge >= 0.3 is 0 Å². The number of aryl methyl sites for hydroxylation is 2. The van der Waals surface area contributed by atoms with Crippen LogP contribution in [-0.2, 0) is 17.9 Å². The maximum Gasteiger partial charge on any atom is 0.188 e. The highest BCUT2D eigenvalue weighted by atomic mass is 16.5. The number of hydrogen-bond acceptors (Lipinski definition) is 6. The lowest BCUT2D eigenvalue weighted by molar-refractivity contribution is 0.177. The van der Waals surface area contributed by atoms with Gasteiger partial charge in [-0.15, -0.1) is 5.10 Å². The lowest BCUT2D eigenvalue weighted by atomic mass is 10.2. The number of nitriles is 1. The summed E-state index contributed by atoms with van der Waals surface area (Å²) in [6.07, 6.45) is 0. The molecule has 0 unspecified atom stereocenters. The quantitative estimate of drug-likeness (QED) is 0.799. The van der Waals surface area contributed by atoms with Crippen LogP contribution >= 0.6 is 0 Å². The van der Waals surface area contributed by atoms with E-state index in [1.54, 1.807) is 11.8 Å². The van der Waals surface area contributed by atoms with Crippen molar-refractivity contribution in [3.8, 4) is 6.07 Å². The maximum atomic E-state index is 8.94. The Hall–Kier alpha value is -2.20. The summed E-state index contributed by atoms with van der Waals surface area (Å²) in [6.45, 7) is 4.46. The van der Waals surface area contributed by atoms with Crippen LogP contribution in [0, 0.1) is 25.2 Å². The van der Waals surface area contributed by atoms with Gasteiger partial charge < -0.3 is 9.26 Å². The second-order valence-corrected chi connectivity index (χ2v) is 3.89. The van der Waals surface area contributed by atoms with E-state index in [1.807, 2.05) is 19.9 Å². The molecular weight excluding hydrogens is 234 g/mol. The van der Waals surface area contributed by atoms with E-state index < -0.39 is 0 Å². The Bertz CT molecular complexity index is 574. The van der Waals surface area contributed by atoms with Gasteiger partial charge in [-0.3, -0.25) is 0 Å². The molecule has 0 saturated carbocycles.